The molecule has 0 aliphatic heterocycles. The molecule has 1 aliphatic carbocycles. The lowest BCUT2D eigenvalue weighted by atomic mass is 10.1. The van der Waals surface area contributed by atoms with Crippen molar-refractivity contribution in [1.82, 2.24) is 9.62 Å². The molecule has 0 radical (unpaired) electrons. The molecule has 4 nitrogen and oxygen atoms in total. The van der Waals surface area contributed by atoms with E-state index in [2.05, 4.69) is 48.2 Å². The van der Waals surface area contributed by atoms with E-state index in [1.807, 2.05) is 6.07 Å². The van der Waals surface area contributed by atoms with Crippen molar-refractivity contribution >= 4 is 45.9 Å². The Labute approximate surface area is 195 Å². The number of thiol groups is 1. The Kier molecular flexibility index (Phi) is 8.15. The molecular weight excluding hydrogens is 459 g/mol. The molecule has 0 fully saturated rings. The lowest BCUT2D eigenvalue weighted by Gasteiger charge is -2.27. The van der Waals surface area contributed by atoms with Gasteiger partial charge in [-0.15, -0.1) is 12.6 Å². The molecule has 1 atom stereocenters. The van der Waals surface area contributed by atoms with E-state index in [0.29, 0.717) is 10.9 Å². The van der Waals surface area contributed by atoms with Crippen molar-refractivity contribution in [1.29, 1.82) is 0 Å². The second-order valence-electron chi connectivity index (χ2n) is 7.76. The highest BCUT2D eigenvalue weighted by molar-refractivity contribution is 7.89. The Balaban J connectivity index is 1.71. The molecule has 0 saturated carbocycles. The second-order valence-corrected chi connectivity index (χ2v) is 10.8. The number of rotatable bonds is 9. The third kappa shape index (κ3) is 5.53. The van der Waals surface area contributed by atoms with Gasteiger partial charge in [0.2, 0.25) is 10.0 Å². The fourth-order valence-corrected chi connectivity index (χ4v) is 6.32. The van der Waals surface area contributed by atoms with Crippen LogP contribution in [0.25, 0.3) is 0 Å². The summed E-state index contributed by atoms with van der Waals surface area (Å²) in [5.74, 6) is 0. The predicted octanol–water partition coefficient (Wildman–Crippen LogP) is 5.35. The van der Waals surface area contributed by atoms with E-state index in [1.54, 1.807) is 0 Å². The largest absolute Gasteiger partial charge is 0.300 e. The van der Waals surface area contributed by atoms with E-state index in [9.17, 15) is 8.42 Å². The zero-order chi connectivity index (χ0) is 21.9. The molecule has 0 saturated heterocycles. The Hall–Kier alpha value is -0.760. The van der Waals surface area contributed by atoms with E-state index in [4.69, 9.17) is 23.2 Å². The molecule has 3 rings (SSSR count). The molecule has 2 aromatic carbocycles. The zero-order valence-corrected chi connectivity index (χ0v) is 20.5. The number of nitrogens with one attached hydrogen (secondary N) is 1. The third-order valence-corrected chi connectivity index (χ3v) is 8.11. The lowest BCUT2D eigenvalue weighted by Crippen LogP contribution is -2.37. The van der Waals surface area contributed by atoms with Crippen LogP contribution < -0.4 is 4.72 Å². The smallest absolute Gasteiger partial charge is 0.242 e. The predicted molar refractivity (Wildman–Crippen MR) is 128 cm³/mol. The van der Waals surface area contributed by atoms with Crippen LogP contribution >= 0.6 is 35.8 Å². The van der Waals surface area contributed by atoms with Crippen LogP contribution in [0, 0.1) is 0 Å². The average Bonchev–Trinajstić information content (AvgIpc) is 3.12. The van der Waals surface area contributed by atoms with Crippen molar-refractivity contribution < 1.29 is 8.42 Å². The number of benzene rings is 2. The number of nitrogens with zero attached hydrogens (tertiary/aromatic N) is 1. The molecule has 164 valence electrons. The van der Waals surface area contributed by atoms with Crippen LogP contribution in [0.5, 0.6) is 0 Å². The number of fused-ring (bicyclic) bond motifs is 1. The maximum atomic E-state index is 12.8. The molecule has 30 heavy (non-hydrogen) atoms. The van der Waals surface area contributed by atoms with E-state index < -0.39 is 10.0 Å². The van der Waals surface area contributed by atoms with Crippen molar-refractivity contribution in [2.45, 2.75) is 61.9 Å². The van der Waals surface area contributed by atoms with E-state index >= 15 is 0 Å². The van der Waals surface area contributed by atoms with Gasteiger partial charge in [-0.25, -0.2) is 13.1 Å². The molecule has 8 heteroatoms. The maximum Gasteiger partial charge on any atom is 0.242 e. The summed E-state index contributed by atoms with van der Waals surface area (Å²) in [7, 11) is -3.81. The van der Waals surface area contributed by atoms with Crippen LogP contribution in [0.15, 0.2) is 40.1 Å². The molecule has 1 N–H and O–H groups in total. The fraction of sp³-hybridized carbons (Fsp3) is 0.455. The molecule has 1 aliphatic rings. The number of hydrogen-bond acceptors (Lipinski definition) is 4. The monoisotopic (exact) mass is 486 g/mol. The van der Waals surface area contributed by atoms with Gasteiger partial charge in [0, 0.05) is 22.5 Å². The molecular formula is C22H28Cl2N2O2S2. The van der Waals surface area contributed by atoms with Crippen molar-refractivity contribution in [3.8, 4) is 0 Å². The van der Waals surface area contributed by atoms with Gasteiger partial charge in [0.25, 0.3) is 0 Å². The highest BCUT2D eigenvalue weighted by Crippen LogP contribution is 2.32. The number of hydrogen-bond donors (Lipinski definition) is 2. The zero-order valence-electron chi connectivity index (χ0n) is 17.3. The molecule has 0 spiro atoms. The lowest BCUT2D eigenvalue weighted by molar-refractivity contribution is 0.202. The Bertz CT molecular complexity index is 1010. The SMILES string of the molecule is CCCN(CCC)[C@@H]1Cc2ccc(CNS(=O)(=O)c3cc(Cl)cc(S)c3Cl)cc2C1. The molecule has 0 unspecified atom stereocenters. The highest BCUT2D eigenvalue weighted by atomic mass is 35.5. The van der Waals surface area contributed by atoms with Crippen LogP contribution in [0.4, 0.5) is 0 Å². The van der Waals surface area contributed by atoms with Gasteiger partial charge in [-0.05, 0) is 67.6 Å². The Morgan fingerprint density at radius 2 is 1.73 bits per heavy atom. The fourth-order valence-electron chi connectivity index (χ4n) is 4.07. The molecule has 0 aromatic heterocycles. The summed E-state index contributed by atoms with van der Waals surface area (Å²) in [6, 6.07) is 9.65. The second kappa shape index (κ2) is 10.2. The van der Waals surface area contributed by atoms with Crippen molar-refractivity contribution in [3.05, 3.63) is 57.1 Å². The van der Waals surface area contributed by atoms with Gasteiger partial charge in [-0.1, -0.05) is 55.2 Å². The van der Waals surface area contributed by atoms with Gasteiger partial charge >= 0.3 is 0 Å². The standard InChI is InChI=1S/C22H28Cl2N2O2S2/c1-3-7-26(8-4-2)19-10-16-6-5-15(9-17(16)11-19)14-25-30(27,28)21-13-18(23)12-20(29)22(21)24/h5-6,9,12-13,19,25,29H,3-4,7-8,10-11,14H2,1-2H3/t19-/m1/s1. The van der Waals surface area contributed by atoms with Crippen molar-refractivity contribution in [2.24, 2.45) is 0 Å². The van der Waals surface area contributed by atoms with Crippen molar-refractivity contribution in [2.75, 3.05) is 13.1 Å². The van der Waals surface area contributed by atoms with E-state index in [-0.39, 0.29) is 21.5 Å². The first-order valence-corrected chi connectivity index (χ1v) is 13.0. The van der Waals surface area contributed by atoms with Gasteiger partial charge in [0.1, 0.15) is 4.90 Å². The molecule has 0 amide bonds. The van der Waals surface area contributed by atoms with Crippen LogP contribution in [0.2, 0.25) is 10.0 Å². The summed E-state index contributed by atoms with van der Waals surface area (Å²) in [4.78, 5) is 2.85. The maximum absolute atomic E-state index is 12.8. The topological polar surface area (TPSA) is 49.4 Å². The first kappa shape index (κ1) is 23.9. The molecule has 2 aromatic rings. The summed E-state index contributed by atoms with van der Waals surface area (Å²) in [5, 5.41) is 0.344. The minimum Gasteiger partial charge on any atom is -0.300 e. The van der Waals surface area contributed by atoms with Gasteiger partial charge in [-0.3, -0.25) is 4.90 Å². The third-order valence-electron chi connectivity index (χ3n) is 5.46. The van der Waals surface area contributed by atoms with Crippen LogP contribution in [-0.4, -0.2) is 32.4 Å². The molecule has 0 heterocycles. The summed E-state index contributed by atoms with van der Waals surface area (Å²) < 4.78 is 28.1. The summed E-state index contributed by atoms with van der Waals surface area (Å²) in [6.07, 6.45) is 4.38. The average molecular weight is 488 g/mol. The number of halogens is 2. The van der Waals surface area contributed by atoms with Crippen molar-refractivity contribution in [3.63, 3.8) is 0 Å². The van der Waals surface area contributed by atoms with Crippen LogP contribution in [-0.2, 0) is 29.4 Å². The van der Waals surface area contributed by atoms with Gasteiger partial charge in [-0.2, -0.15) is 0 Å². The van der Waals surface area contributed by atoms with Gasteiger partial charge in [0.15, 0.2) is 0 Å². The first-order valence-electron chi connectivity index (χ1n) is 10.3. The van der Waals surface area contributed by atoms with Gasteiger partial charge < -0.3 is 0 Å². The first-order chi connectivity index (χ1) is 14.2. The molecule has 0 bridgehead atoms. The minimum atomic E-state index is -3.81. The quantitative estimate of drug-likeness (QED) is 0.469. The summed E-state index contributed by atoms with van der Waals surface area (Å²) in [6.45, 7) is 6.87. The van der Waals surface area contributed by atoms with E-state index in [0.717, 1.165) is 44.3 Å². The van der Waals surface area contributed by atoms with Gasteiger partial charge in [0.05, 0.1) is 5.02 Å². The summed E-state index contributed by atoms with van der Waals surface area (Å²) in [5.41, 5.74) is 3.61. The van der Waals surface area contributed by atoms with E-state index in [1.165, 1.54) is 23.3 Å². The minimum absolute atomic E-state index is 0.0577. The van der Waals surface area contributed by atoms with Crippen LogP contribution in [0.1, 0.15) is 43.4 Å². The highest BCUT2D eigenvalue weighted by Gasteiger charge is 2.26. The summed E-state index contributed by atoms with van der Waals surface area (Å²) >= 11 is 16.3. The normalized spacial score (nSPS) is 16.3. The Morgan fingerprint density at radius 1 is 1.07 bits per heavy atom. The number of sulfonamides is 1. The Morgan fingerprint density at radius 3 is 2.40 bits per heavy atom. The van der Waals surface area contributed by atoms with Crippen LogP contribution in [0.3, 0.4) is 0 Å².